The van der Waals surface area contributed by atoms with E-state index in [1.807, 2.05) is 7.05 Å². The predicted octanol–water partition coefficient (Wildman–Crippen LogP) is 2.35. The smallest absolute Gasteiger partial charge is 0.0813 e. The molecule has 0 radical (unpaired) electrons. The number of nitrogens with one attached hydrogen (secondary N) is 1. The van der Waals surface area contributed by atoms with Crippen molar-refractivity contribution in [1.29, 1.82) is 0 Å². The number of rotatable bonds is 9. The third kappa shape index (κ3) is 5.83. The summed E-state index contributed by atoms with van der Waals surface area (Å²) in [5.41, 5.74) is 0. The van der Waals surface area contributed by atoms with Crippen molar-refractivity contribution in [3.63, 3.8) is 0 Å². The summed E-state index contributed by atoms with van der Waals surface area (Å²) in [4.78, 5) is 0. The lowest BCUT2D eigenvalue weighted by Gasteiger charge is -2.13. The molecule has 0 saturated carbocycles. The lowest BCUT2D eigenvalue weighted by Crippen LogP contribution is -2.25. The molecule has 1 fully saturated rings. The molecule has 0 amide bonds. The number of likely N-dealkylation sites (N-methyl/N-ethyl adjacent to an activating group) is 1. The van der Waals surface area contributed by atoms with Gasteiger partial charge in [-0.25, -0.2) is 0 Å². The van der Waals surface area contributed by atoms with Crippen molar-refractivity contribution in [3.05, 3.63) is 0 Å². The third-order valence-electron chi connectivity index (χ3n) is 3.07. The van der Waals surface area contributed by atoms with E-state index in [0.29, 0.717) is 12.2 Å². The Morgan fingerprint density at radius 1 is 1.19 bits per heavy atom. The fourth-order valence-corrected chi connectivity index (χ4v) is 2.13. The highest BCUT2D eigenvalue weighted by atomic mass is 16.5. The summed E-state index contributed by atoms with van der Waals surface area (Å²) < 4.78 is 11.5. The van der Waals surface area contributed by atoms with Crippen LogP contribution in [0.4, 0.5) is 0 Å². The van der Waals surface area contributed by atoms with Gasteiger partial charge in [-0.2, -0.15) is 0 Å². The molecule has 0 aromatic heterocycles. The molecule has 96 valence electrons. The molecular weight excluding hydrogens is 202 g/mol. The van der Waals surface area contributed by atoms with Gasteiger partial charge in [-0.3, -0.25) is 0 Å². The topological polar surface area (TPSA) is 30.5 Å². The zero-order valence-corrected chi connectivity index (χ0v) is 10.8. The van der Waals surface area contributed by atoms with Gasteiger partial charge < -0.3 is 14.8 Å². The second kappa shape index (κ2) is 8.97. The number of ether oxygens (including phenoxy) is 2. The molecule has 0 aromatic rings. The summed E-state index contributed by atoms with van der Waals surface area (Å²) in [6, 6.07) is 0. The van der Waals surface area contributed by atoms with Gasteiger partial charge >= 0.3 is 0 Å². The Labute approximate surface area is 99.9 Å². The highest BCUT2D eigenvalue weighted by molar-refractivity contribution is 4.74. The second-order valence-electron chi connectivity index (χ2n) is 4.65. The van der Waals surface area contributed by atoms with Crippen LogP contribution in [0.25, 0.3) is 0 Å². The van der Waals surface area contributed by atoms with Gasteiger partial charge in [0.1, 0.15) is 0 Å². The summed E-state index contributed by atoms with van der Waals surface area (Å²) in [6.07, 6.45) is 8.17. The van der Waals surface area contributed by atoms with Crippen LogP contribution in [0.5, 0.6) is 0 Å². The van der Waals surface area contributed by atoms with Gasteiger partial charge in [-0.15, -0.1) is 0 Å². The molecule has 3 nitrogen and oxygen atoms in total. The van der Waals surface area contributed by atoms with E-state index in [1.165, 1.54) is 32.1 Å². The molecule has 1 heterocycles. The summed E-state index contributed by atoms with van der Waals surface area (Å²) in [5.74, 6) is 0. The molecule has 0 bridgehead atoms. The number of hydrogen-bond acceptors (Lipinski definition) is 3. The molecule has 0 spiro atoms. The van der Waals surface area contributed by atoms with Crippen molar-refractivity contribution in [2.24, 2.45) is 0 Å². The molecule has 16 heavy (non-hydrogen) atoms. The molecule has 2 unspecified atom stereocenters. The molecule has 1 rings (SSSR count). The van der Waals surface area contributed by atoms with Crippen LogP contribution in [0.2, 0.25) is 0 Å². The van der Waals surface area contributed by atoms with Gasteiger partial charge in [0.25, 0.3) is 0 Å². The van der Waals surface area contributed by atoms with Crippen LogP contribution >= 0.6 is 0 Å². The van der Waals surface area contributed by atoms with Crippen LogP contribution in [-0.2, 0) is 9.47 Å². The average Bonchev–Trinajstić information content (AvgIpc) is 2.72. The van der Waals surface area contributed by atoms with Gasteiger partial charge in [0, 0.05) is 13.2 Å². The minimum absolute atomic E-state index is 0.338. The SMILES string of the molecule is CCCCCCOCC1CCC(CNC)O1. The van der Waals surface area contributed by atoms with E-state index in [2.05, 4.69) is 12.2 Å². The van der Waals surface area contributed by atoms with Crippen molar-refractivity contribution >= 4 is 0 Å². The molecule has 0 aliphatic carbocycles. The van der Waals surface area contributed by atoms with Gasteiger partial charge in [0.05, 0.1) is 18.8 Å². The van der Waals surface area contributed by atoms with Gasteiger partial charge in [-0.1, -0.05) is 26.2 Å². The summed E-state index contributed by atoms with van der Waals surface area (Å²) in [6.45, 7) is 4.88. The first-order valence-corrected chi connectivity index (χ1v) is 6.74. The lowest BCUT2D eigenvalue weighted by molar-refractivity contribution is -0.0144. The molecule has 1 aliphatic rings. The van der Waals surface area contributed by atoms with E-state index in [9.17, 15) is 0 Å². The van der Waals surface area contributed by atoms with Crippen LogP contribution < -0.4 is 5.32 Å². The van der Waals surface area contributed by atoms with Crippen molar-refractivity contribution < 1.29 is 9.47 Å². The Morgan fingerprint density at radius 3 is 2.75 bits per heavy atom. The fourth-order valence-electron chi connectivity index (χ4n) is 2.13. The first kappa shape index (κ1) is 13.9. The van der Waals surface area contributed by atoms with Crippen LogP contribution in [-0.4, -0.2) is 39.0 Å². The summed E-state index contributed by atoms with van der Waals surface area (Å²) >= 11 is 0. The normalized spacial score (nSPS) is 25.1. The van der Waals surface area contributed by atoms with Gasteiger partial charge in [0.15, 0.2) is 0 Å². The lowest BCUT2D eigenvalue weighted by atomic mass is 10.2. The third-order valence-corrected chi connectivity index (χ3v) is 3.07. The number of unbranched alkanes of at least 4 members (excludes halogenated alkanes) is 3. The van der Waals surface area contributed by atoms with Gasteiger partial charge in [-0.05, 0) is 26.3 Å². The Kier molecular flexibility index (Phi) is 7.81. The summed E-state index contributed by atoms with van der Waals surface area (Å²) in [5, 5.41) is 3.15. The Hall–Kier alpha value is -0.120. The Morgan fingerprint density at radius 2 is 2.00 bits per heavy atom. The molecule has 1 saturated heterocycles. The van der Waals surface area contributed by atoms with Crippen molar-refractivity contribution in [2.75, 3.05) is 26.8 Å². The first-order chi connectivity index (χ1) is 7.86. The van der Waals surface area contributed by atoms with E-state index in [-0.39, 0.29) is 0 Å². The molecule has 1 aliphatic heterocycles. The van der Waals surface area contributed by atoms with Crippen LogP contribution in [0.15, 0.2) is 0 Å². The maximum Gasteiger partial charge on any atom is 0.0813 e. The zero-order chi connectivity index (χ0) is 11.6. The van der Waals surface area contributed by atoms with E-state index in [1.54, 1.807) is 0 Å². The fraction of sp³-hybridized carbons (Fsp3) is 1.00. The largest absolute Gasteiger partial charge is 0.379 e. The van der Waals surface area contributed by atoms with Crippen molar-refractivity contribution in [2.45, 2.75) is 57.7 Å². The maximum atomic E-state index is 5.84. The minimum atomic E-state index is 0.338. The van der Waals surface area contributed by atoms with Gasteiger partial charge in [0.2, 0.25) is 0 Å². The highest BCUT2D eigenvalue weighted by Gasteiger charge is 2.24. The predicted molar refractivity (Wildman–Crippen MR) is 66.8 cm³/mol. The standard InChI is InChI=1S/C13H27NO2/c1-3-4-5-6-9-15-11-13-8-7-12(16-13)10-14-2/h12-14H,3-11H2,1-2H3. The molecular formula is C13H27NO2. The molecule has 3 heteroatoms. The quantitative estimate of drug-likeness (QED) is 0.616. The first-order valence-electron chi connectivity index (χ1n) is 6.74. The van der Waals surface area contributed by atoms with E-state index >= 15 is 0 Å². The minimum Gasteiger partial charge on any atom is -0.379 e. The van der Waals surface area contributed by atoms with Crippen LogP contribution in [0.1, 0.15) is 45.4 Å². The van der Waals surface area contributed by atoms with Crippen LogP contribution in [0.3, 0.4) is 0 Å². The number of hydrogen-bond donors (Lipinski definition) is 1. The Balaban J connectivity index is 1.90. The van der Waals surface area contributed by atoms with Crippen LogP contribution in [0, 0.1) is 0 Å². The Bertz CT molecular complexity index is 164. The highest BCUT2D eigenvalue weighted by Crippen LogP contribution is 2.19. The molecule has 2 atom stereocenters. The van der Waals surface area contributed by atoms with E-state index in [0.717, 1.165) is 26.2 Å². The van der Waals surface area contributed by atoms with Crippen molar-refractivity contribution in [1.82, 2.24) is 5.32 Å². The second-order valence-corrected chi connectivity index (χ2v) is 4.65. The molecule has 0 aromatic carbocycles. The average molecular weight is 229 g/mol. The van der Waals surface area contributed by atoms with E-state index in [4.69, 9.17) is 9.47 Å². The monoisotopic (exact) mass is 229 g/mol. The zero-order valence-electron chi connectivity index (χ0n) is 10.8. The van der Waals surface area contributed by atoms with E-state index < -0.39 is 0 Å². The van der Waals surface area contributed by atoms with Crippen molar-refractivity contribution in [3.8, 4) is 0 Å². The summed E-state index contributed by atoms with van der Waals surface area (Å²) in [7, 11) is 1.97. The molecule has 1 N–H and O–H groups in total. The maximum absolute atomic E-state index is 5.84.